The van der Waals surface area contributed by atoms with E-state index in [4.69, 9.17) is 4.74 Å². The third-order valence-corrected chi connectivity index (χ3v) is 2.46. The number of esters is 1. The molecule has 1 aromatic rings. The largest absolute Gasteiger partial charge is 0.461 e. The summed E-state index contributed by atoms with van der Waals surface area (Å²) in [5.41, 5.74) is 3.55. The first-order valence-electron chi connectivity index (χ1n) is 5.52. The maximum atomic E-state index is 10.7. The minimum absolute atomic E-state index is 0.232. The fraction of sp³-hybridized carbons (Fsp3) is 0.357. The van der Waals surface area contributed by atoms with Crippen LogP contribution in [0.1, 0.15) is 31.4 Å². The van der Waals surface area contributed by atoms with E-state index in [0.717, 1.165) is 12.0 Å². The monoisotopic (exact) mass is 218 g/mol. The molecule has 0 amide bonds. The summed E-state index contributed by atoms with van der Waals surface area (Å²) in [4.78, 5) is 10.7. The van der Waals surface area contributed by atoms with E-state index in [2.05, 4.69) is 32.1 Å². The molecule has 0 bridgehead atoms. The summed E-state index contributed by atoms with van der Waals surface area (Å²) in [6, 6.07) is 8.17. The maximum absolute atomic E-state index is 10.7. The number of carbonyl (C=O) groups is 1. The van der Waals surface area contributed by atoms with Crippen LogP contribution in [0.5, 0.6) is 0 Å². The lowest BCUT2D eigenvalue weighted by molar-refractivity contribution is -0.139. The molecule has 1 rings (SSSR count). The molecular formula is C14H18O2. The molecule has 0 saturated heterocycles. The number of benzene rings is 1. The van der Waals surface area contributed by atoms with E-state index < -0.39 is 0 Å². The van der Waals surface area contributed by atoms with Crippen LogP contribution in [0.15, 0.2) is 29.8 Å². The molecule has 0 unspecified atom stereocenters. The van der Waals surface area contributed by atoms with Crippen LogP contribution in [0.3, 0.4) is 0 Å². The zero-order valence-electron chi connectivity index (χ0n) is 10.1. The summed E-state index contributed by atoms with van der Waals surface area (Å²) < 4.78 is 5.00. The molecule has 0 aliphatic carbocycles. The number of carbonyl (C=O) groups excluding carboxylic acids is 1. The highest BCUT2D eigenvalue weighted by atomic mass is 16.5. The Morgan fingerprint density at radius 3 is 2.62 bits per heavy atom. The Morgan fingerprint density at radius 1 is 1.38 bits per heavy atom. The molecule has 0 radical (unpaired) electrons. The maximum Gasteiger partial charge on any atom is 0.302 e. The lowest BCUT2D eigenvalue weighted by Crippen LogP contribution is -2.02. The molecule has 0 N–H and O–H groups in total. The van der Waals surface area contributed by atoms with E-state index in [9.17, 15) is 4.79 Å². The minimum Gasteiger partial charge on any atom is -0.461 e. The number of hydrogen-bond acceptors (Lipinski definition) is 2. The van der Waals surface area contributed by atoms with Crippen molar-refractivity contribution < 1.29 is 9.53 Å². The summed E-state index contributed by atoms with van der Waals surface area (Å²) in [7, 11) is 0. The van der Waals surface area contributed by atoms with Gasteiger partial charge >= 0.3 is 5.97 Å². The Hall–Kier alpha value is -1.57. The van der Waals surface area contributed by atoms with Gasteiger partial charge in [0.2, 0.25) is 0 Å². The van der Waals surface area contributed by atoms with Gasteiger partial charge in [-0.05, 0) is 30.0 Å². The molecule has 0 spiro atoms. The highest BCUT2D eigenvalue weighted by Gasteiger charge is 2.00. The quantitative estimate of drug-likeness (QED) is 0.724. The Kier molecular flexibility index (Phi) is 4.77. The van der Waals surface area contributed by atoms with Crippen molar-refractivity contribution in [1.82, 2.24) is 0 Å². The molecule has 0 heterocycles. The van der Waals surface area contributed by atoms with Crippen molar-refractivity contribution in [3.8, 4) is 0 Å². The van der Waals surface area contributed by atoms with Crippen LogP contribution in [0, 0.1) is 6.92 Å². The molecular weight excluding hydrogens is 200 g/mol. The average molecular weight is 218 g/mol. The average Bonchev–Trinajstić information content (AvgIpc) is 2.26. The van der Waals surface area contributed by atoms with Gasteiger partial charge in [-0.3, -0.25) is 4.79 Å². The molecule has 0 atom stereocenters. The molecule has 0 aliphatic heterocycles. The van der Waals surface area contributed by atoms with E-state index >= 15 is 0 Å². The van der Waals surface area contributed by atoms with Gasteiger partial charge in [-0.25, -0.2) is 0 Å². The van der Waals surface area contributed by atoms with Crippen LogP contribution in [-0.2, 0) is 9.53 Å². The first-order valence-corrected chi connectivity index (χ1v) is 5.52. The van der Waals surface area contributed by atoms with E-state index in [-0.39, 0.29) is 5.97 Å². The molecule has 2 heteroatoms. The standard InChI is InChI=1S/C14H18O2/c1-4-13(10-16-12(3)15)9-14-8-6-5-7-11(14)2/h5-9H,4,10H2,1-3H3/b13-9+. The second-order valence-electron chi connectivity index (χ2n) is 3.79. The summed E-state index contributed by atoms with van der Waals surface area (Å²) >= 11 is 0. The van der Waals surface area contributed by atoms with Gasteiger partial charge in [-0.1, -0.05) is 37.3 Å². The van der Waals surface area contributed by atoms with Gasteiger partial charge in [0.1, 0.15) is 6.61 Å². The zero-order chi connectivity index (χ0) is 12.0. The zero-order valence-corrected chi connectivity index (χ0v) is 10.1. The Bertz CT molecular complexity index is 391. The van der Waals surface area contributed by atoms with Crippen molar-refractivity contribution in [3.05, 3.63) is 41.0 Å². The van der Waals surface area contributed by atoms with Gasteiger partial charge in [0.25, 0.3) is 0 Å². The smallest absolute Gasteiger partial charge is 0.302 e. The van der Waals surface area contributed by atoms with Crippen LogP contribution >= 0.6 is 0 Å². The predicted molar refractivity (Wildman–Crippen MR) is 66.1 cm³/mol. The van der Waals surface area contributed by atoms with Gasteiger partial charge in [0, 0.05) is 6.92 Å². The normalized spacial score (nSPS) is 11.3. The van der Waals surface area contributed by atoms with E-state index in [0.29, 0.717) is 6.61 Å². The second kappa shape index (κ2) is 6.11. The summed E-state index contributed by atoms with van der Waals surface area (Å²) in [5.74, 6) is -0.232. The van der Waals surface area contributed by atoms with Crippen molar-refractivity contribution in [2.24, 2.45) is 0 Å². The molecule has 0 aromatic heterocycles. The molecule has 1 aromatic carbocycles. The molecule has 0 saturated carbocycles. The van der Waals surface area contributed by atoms with Crippen LogP contribution in [-0.4, -0.2) is 12.6 Å². The fourth-order valence-corrected chi connectivity index (χ4v) is 1.41. The van der Waals surface area contributed by atoms with Gasteiger partial charge in [0.15, 0.2) is 0 Å². The summed E-state index contributed by atoms with van der Waals surface area (Å²) in [6.07, 6.45) is 2.99. The van der Waals surface area contributed by atoms with Crippen molar-refractivity contribution >= 4 is 12.0 Å². The third kappa shape index (κ3) is 3.89. The van der Waals surface area contributed by atoms with Crippen molar-refractivity contribution in [1.29, 1.82) is 0 Å². The van der Waals surface area contributed by atoms with E-state index in [1.165, 1.54) is 18.1 Å². The van der Waals surface area contributed by atoms with Gasteiger partial charge in [0.05, 0.1) is 0 Å². The van der Waals surface area contributed by atoms with Crippen LogP contribution in [0.25, 0.3) is 6.08 Å². The molecule has 16 heavy (non-hydrogen) atoms. The van der Waals surface area contributed by atoms with Crippen LogP contribution in [0.2, 0.25) is 0 Å². The van der Waals surface area contributed by atoms with Gasteiger partial charge in [-0.15, -0.1) is 0 Å². The van der Waals surface area contributed by atoms with Crippen molar-refractivity contribution in [3.63, 3.8) is 0 Å². The molecule has 0 fully saturated rings. The van der Waals surface area contributed by atoms with Crippen LogP contribution < -0.4 is 0 Å². The highest BCUT2D eigenvalue weighted by Crippen LogP contribution is 2.14. The number of ether oxygens (including phenoxy) is 1. The van der Waals surface area contributed by atoms with E-state index in [1.54, 1.807) is 0 Å². The number of aryl methyl sites for hydroxylation is 1. The molecule has 0 aliphatic rings. The lowest BCUT2D eigenvalue weighted by Gasteiger charge is -2.06. The molecule has 86 valence electrons. The summed E-state index contributed by atoms with van der Waals surface area (Å²) in [5, 5.41) is 0. The first kappa shape index (κ1) is 12.5. The Labute approximate surface area is 96.9 Å². The summed E-state index contributed by atoms with van der Waals surface area (Å²) in [6.45, 7) is 5.96. The predicted octanol–water partition coefficient (Wildman–Crippen LogP) is 3.35. The molecule has 2 nitrogen and oxygen atoms in total. The van der Waals surface area contributed by atoms with Gasteiger partial charge < -0.3 is 4.74 Å². The van der Waals surface area contributed by atoms with E-state index in [1.807, 2.05) is 12.1 Å². The SMILES string of the molecule is CC/C(=C\c1ccccc1C)COC(C)=O. The first-order chi connectivity index (χ1) is 7.63. The fourth-order valence-electron chi connectivity index (χ4n) is 1.41. The second-order valence-corrected chi connectivity index (χ2v) is 3.79. The van der Waals surface area contributed by atoms with Gasteiger partial charge in [-0.2, -0.15) is 0 Å². The number of rotatable bonds is 4. The topological polar surface area (TPSA) is 26.3 Å². The Morgan fingerprint density at radius 2 is 2.06 bits per heavy atom. The van der Waals surface area contributed by atoms with Crippen molar-refractivity contribution in [2.45, 2.75) is 27.2 Å². The Balaban J connectivity index is 2.79. The third-order valence-electron chi connectivity index (χ3n) is 2.46. The van der Waals surface area contributed by atoms with Crippen LogP contribution in [0.4, 0.5) is 0 Å². The number of hydrogen-bond donors (Lipinski definition) is 0. The highest BCUT2D eigenvalue weighted by molar-refractivity contribution is 5.66. The minimum atomic E-state index is -0.232. The van der Waals surface area contributed by atoms with Crippen molar-refractivity contribution in [2.75, 3.05) is 6.61 Å². The lowest BCUT2D eigenvalue weighted by atomic mass is 10.0.